The molecule has 0 fully saturated rings. The van der Waals surface area contributed by atoms with Crippen molar-refractivity contribution in [3.63, 3.8) is 0 Å². The van der Waals surface area contributed by atoms with Crippen LogP contribution in [0.3, 0.4) is 0 Å². The number of aromatic nitrogens is 2. The maximum atomic E-state index is 14.3. The molecule has 5 nitrogen and oxygen atoms in total. The molecular formula is C19H17BrF2N2O3. The number of ether oxygens (including phenoxy) is 2. The molecule has 0 N–H and O–H groups in total. The smallest absolute Gasteiger partial charge is 0.337 e. The lowest BCUT2D eigenvalue weighted by atomic mass is 10.1. The van der Waals surface area contributed by atoms with E-state index < -0.39 is 17.6 Å². The van der Waals surface area contributed by atoms with Gasteiger partial charge in [-0.25, -0.2) is 18.6 Å². The Morgan fingerprint density at radius 1 is 1.19 bits per heavy atom. The molecule has 2 aromatic carbocycles. The number of benzene rings is 2. The zero-order valence-corrected chi connectivity index (χ0v) is 16.3. The van der Waals surface area contributed by atoms with Crippen LogP contribution >= 0.6 is 15.9 Å². The SMILES string of the molecule is COCCn1c(Cc2c(F)cc(Br)cc2F)nc2ccc(C(=O)OC)cc21. The largest absolute Gasteiger partial charge is 0.465 e. The third kappa shape index (κ3) is 4.01. The van der Waals surface area contributed by atoms with Crippen molar-refractivity contribution in [1.82, 2.24) is 9.55 Å². The predicted octanol–water partition coefficient (Wildman–Crippen LogP) is 4.10. The van der Waals surface area contributed by atoms with Crippen LogP contribution in [-0.4, -0.2) is 36.3 Å². The molecule has 1 aromatic heterocycles. The molecule has 0 saturated carbocycles. The van der Waals surface area contributed by atoms with Crippen LogP contribution in [0.25, 0.3) is 11.0 Å². The zero-order valence-electron chi connectivity index (χ0n) is 14.8. The third-order valence-electron chi connectivity index (χ3n) is 4.21. The van der Waals surface area contributed by atoms with E-state index in [0.29, 0.717) is 40.0 Å². The summed E-state index contributed by atoms with van der Waals surface area (Å²) in [5.74, 6) is -1.29. The van der Waals surface area contributed by atoms with E-state index >= 15 is 0 Å². The highest BCUT2D eigenvalue weighted by Crippen LogP contribution is 2.25. The Morgan fingerprint density at radius 3 is 2.52 bits per heavy atom. The molecule has 0 spiro atoms. The molecule has 3 rings (SSSR count). The second-order valence-electron chi connectivity index (χ2n) is 5.89. The quantitative estimate of drug-likeness (QED) is 0.543. The van der Waals surface area contributed by atoms with Gasteiger partial charge >= 0.3 is 5.97 Å². The normalized spacial score (nSPS) is 11.1. The predicted molar refractivity (Wildman–Crippen MR) is 99.8 cm³/mol. The molecular weight excluding hydrogens is 422 g/mol. The number of rotatable bonds is 6. The fraction of sp³-hybridized carbons (Fsp3) is 0.263. The molecule has 0 aliphatic rings. The number of hydrogen-bond donors (Lipinski definition) is 0. The topological polar surface area (TPSA) is 53.4 Å². The summed E-state index contributed by atoms with van der Waals surface area (Å²) in [5.41, 5.74) is 1.59. The van der Waals surface area contributed by atoms with Gasteiger partial charge in [0.1, 0.15) is 17.5 Å². The lowest BCUT2D eigenvalue weighted by molar-refractivity contribution is 0.0601. The lowest BCUT2D eigenvalue weighted by Gasteiger charge is -2.10. The molecule has 0 radical (unpaired) electrons. The average molecular weight is 439 g/mol. The number of halogens is 3. The van der Waals surface area contributed by atoms with Crippen LogP contribution in [0.5, 0.6) is 0 Å². The fourth-order valence-corrected chi connectivity index (χ4v) is 3.29. The van der Waals surface area contributed by atoms with Gasteiger partial charge < -0.3 is 14.0 Å². The summed E-state index contributed by atoms with van der Waals surface area (Å²) in [6.45, 7) is 0.805. The van der Waals surface area contributed by atoms with Crippen LogP contribution in [0.2, 0.25) is 0 Å². The monoisotopic (exact) mass is 438 g/mol. The van der Waals surface area contributed by atoms with Crippen molar-refractivity contribution >= 4 is 32.9 Å². The Hall–Kier alpha value is -2.32. The second kappa shape index (κ2) is 8.14. The van der Waals surface area contributed by atoms with Crippen LogP contribution in [-0.2, 0) is 22.4 Å². The van der Waals surface area contributed by atoms with E-state index in [1.165, 1.54) is 19.2 Å². The number of methoxy groups -OCH3 is 2. The minimum absolute atomic E-state index is 0.0309. The summed E-state index contributed by atoms with van der Waals surface area (Å²) in [6, 6.07) is 7.38. The minimum atomic E-state index is -0.650. The highest BCUT2D eigenvalue weighted by molar-refractivity contribution is 9.10. The lowest BCUT2D eigenvalue weighted by Crippen LogP contribution is -2.10. The second-order valence-corrected chi connectivity index (χ2v) is 6.81. The summed E-state index contributed by atoms with van der Waals surface area (Å²) >= 11 is 3.08. The maximum absolute atomic E-state index is 14.3. The number of carbonyl (C=O) groups is 1. The highest BCUT2D eigenvalue weighted by Gasteiger charge is 2.18. The Labute approximate surface area is 163 Å². The van der Waals surface area contributed by atoms with E-state index in [4.69, 9.17) is 9.47 Å². The van der Waals surface area contributed by atoms with Gasteiger partial charge in [0.25, 0.3) is 0 Å². The third-order valence-corrected chi connectivity index (χ3v) is 4.67. The van der Waals surface area contributed by atoms with Crippen molar-refractivity contribution < 1.29 is 23.0 Å². The molecule has 0 atom stereocenters. The van der Waals surface area contributed by atoms with Gasteiger partial charge in [0.15, 0.2) is 0 Å². The van der Waals surface area contributed by atoms with Crippen LogP contribution in [0.1, 0.15) is 21.7 Å². The fourth-order valence-electron chi connectivity index (χ4n) is 2.88. The molecule has 0 amide bonds. The van der Waals surface area contributed by atoms with Gasteiger partial charge in [0, 0.05) is 30.1 Å². The zero-order chi connectivity index (χ0) is 19.6. The molecule has 0 bridgehead atoms. The van der Waals surface area contributed by atoms with Gasteiger partial charge in [-0.1, -0.05) is 15.9 Å². The summed E-state index contributed by atoms with van der Waals surface area (Å²) < 4.78 is 40.5. The number of hydrogen-bond acceptors (Lipinski definition) is 4. The average Bonchev–Trinajstić information content (AvgIpc) is 2.98. The molecule has 0 unspecified atom stereocenters. The number of esters is 1. The van der Waals surface area contributed by atoms with Gasteiger partial charge in [-0.15, -0.1) is 0 Å². The Bertz CT molecular complexity index is 981. The molecule has 1 heterocycles. The molecule has 8 heteroatoms. The van der Waals surface area contributed by atoms with Crippen molar-refractivity contribution in [2.24, 2.45) is 0 Å². The maximum Gasteiger partial charge on any atom is 0.337 e. The first-order chi connectivity index (χ1) is 12.9. The molecule has 27 heavy (non-hydrogen) atoms. The van der Waals surface area contributed by atoms with E-state index in [0.717, 1.165) is 0 Å². The summed E-state index contributed by atoms with van der Waals surface area (Å²) in [7, 11) is 2.87. The minimum Gasteiger partial charge on any atom is -0.465 e. The molecule has 0 saturated heterocycles. The first-order valence-corrected chi connectivity index (χ1v) is 8.93. The first kappa shape index (κ1) is 19.4. The van der Waals surface area contributed by atoms with E-state index in [-0.39, 0.29) is 12.0 Å². The molecule has 0 aliphatic heterocycles. The summed E-state index contributed by atoms with van der Waals surface area (Å²) in [6.07, 6.45) is -0.0309. The van der Waals surface area contributed by atoms with Crippen molar-refractivity contribution in [2.75, 3.05) is 20.8 Å². The standard InChI is InChI=1S/C19H17BrF2N2O3/c1-26-6-5-24-17-7-11(19(25)27-2)3-4-16(17)23-18(24)10-13-14(21)8-12(20)9-15(13)22/h3-4,7-9H,5-6,10H2,1-2H3. The van der Waals surface area contributed by atoms with Crippen LogP contribution in [0.15, 0.2) is 34.8 Å². The molecule has 142 valence electrons. The van der Waals surface area contributed by atoms with Crippen molar-refractivity contribution in [1.29, 1.82) is 0 Å². The van der Waals surface area contributed by atoms with Crippen molar-refractivity contribution in [2.45, 2.75) is 13.0 Å². The van der Waals surface area contributed by atoms with Crippen molar-refractivity contribution in [3.05, 3.63) is 63.4 Å². The molecule has 0 aliphatic carbocycles. The van der Waals surface area contributed by atoms with Crippen molar-refractivity contribution in [3.8, 4) is 0 Å². The summed E-state index contributed by atoms with van der Waals surface area (Å²) in [5, 5.41) is 0. The number of carbonyl (C=O) groups excluding carboxylic acids is 1. The molecule has 3 aromatic rings. The van der Waals surface area contributed by atoms with Gasteiger partial charge in [-0.05, 0) is 30.3 Å². The number of nitrogens with zero attached hydrogens (tertiary/aromatic N) is 2. The van der Waals surface area contributed by atoms with Gasteiger partial charge in [-0.2, -0.15) is 0 Å². The Balaban J connectivity index is 2.10. The van der Waals surface area contributed by atoms with Gasteiger partial charge in [-0.3, -0.25) is 0 Å². The van der Waals surface area contributed by atoms with Crippen LogP contribution in [0.4, 0.5) is 8.78 Å². The number of fused-ring (bicyclic) bond motifs is 1. The van der Waals surface area contributed by atoms with Gasteiger partial charge in [0.05, 0.1) is 30.3 Å². The Morgan fingerprint density at radius 2 is 1.89 bits per heavy atom. The highest BCUT2D eigenvalue weighted by atomic mass is 79.9. The van der Waals surface area contributed by atoms with E-state index in [9.17, 15) is 13.6 Å². The summed E-state index contributed by atoms with van der Waals surface area (Å²) in [4.78, 5) is 16.3. The first-order valence-electron chi connectivity index (χ1n) is 8.14. The van der Waals surface area contributed by atoms with Crippen LogP contribution in [0, 0.1) is 11.6 Å². The number of imidazole rings is 1. The van der Waals surface area contributed by atoms with E-state index in [2.05, 4.69) is 20.9 Å². The van der Waals surface area contributed by atoms with E-state index in [1.807, 2.05) is 0 Å². The van der Waals surface area contributed by atoms with Gasteiger partial charge in [0.2, 0.25) is 0 Å². The van der Waals surface area contributed by atoms with E-state index in [1.54, 1.807) is 29.9 Å². The Kier molecular flexibility index (Phi) is 5.86. The van der Waals surface area contributed by atoms with Crippen LogP contribution < -0.4 is 0 Å².